The van der Waals surface area contributed by atoms with Crippen LogP contribution in [0.3, 0.4) is 0 Å². The number of carbonyl (C=O) groups excluding carboxylic acids is 3. The van der Waals surface area contributed by atoms with Crippen LogP contribution in [0.2, 0.25) is 0 Å². The molecule has 4 rings (SSSR count). The molecule has 0 bridgehead atoms. The predicted molar refractivity (Wildman–Crippen MR) is 71.9 cm³/mol. The largest absolute Gasteiger partial charge is 0.336 e. The van der Waals surface area contributed by atoms with Gasteiger partial charge in [-0.2, -0.15) is 0 Å². The van der Waals surface area contributed by atoms with Gasteiger partial charge in [-0.1, -0.05) is 24.1 Å². The summed E-state index contributed by atoms with van der Waals surface area (Å²) in [7, 11) is 0. The van der Waals surface area contributed by atoms with Crippen molar-refractivity contribution in [3.05, 3.63) is 35.4 Å². The zero-order chi connectivity index (χ0) is 14.7. The lowest BCUT2D eigenvalue weighted by Gasteiger charge is -2.12. The monoisotopic (exact) mass is 285 g/mol. The van der Waals surface area contributed by atoms with Crippen LogP contribution in [0.1, 0.15) is 40.5 Å². The van der Waals surface area contributed by atoms with Crippen LogP contribution < -0.4 is 0 Å². The maximum Gasteiger partial charge on any atom is 0.336 e. The van der Waals surface area contributed by atoms with E-state index < -0.39 is 17.8 Å². The Hall–Kier alpha value is -2.17. The number of carbonyl (C=O) groups is 3. The Morgan fingerprint density at radius 3 is 2.24 bits per heavy atom. The number of nitrogens with zero attached hydrogens (tertiary/aromatic N) is 1. The van der Waals surface area contributed by atoms with E-state index >= 15 is 0 Å². The minimum absolute atomic E-state index is 0.165. The summed E-state index contributed by atoms with van der Waals surface area (Å²) < 4.78 is 0. The van der Waals surface area contributed by atoms with Gasteiger partial charge in [0.2, 0.25) is 0 Å². The van der Waals surface area contributed by atoms with E-state index in [9.17, 15) is 14.4 Å². The number of hydrogen-bond donors (Lipinski definition) is 0. The molecule has 0 N–H and O–H groups in total. The molecule has 108 valence electrons. The lowest BCUT2D eigenvalue weighted by Crippen LogP contribution is -2.33. The average molecular weight is 285 g/mol. The minimum atomic E-state index is -0.555. The molecule has 1 heterocycles. The molecule has 2 aliphatic carbocycles. The van der Waals surface area contributed by atoms with Gasteiger partial charge in [0.15, 0.2) is 0 Å². The standard InChI is InChI=1S/C16H15NO4/c1-8-12(9-6-7-9)13(8)16(20)21-17-14(18)10-4-2-3-5-11(10)15(17)19/h2-5,8-9,12-13H,6-7H2,1H3. The number of benzene rings is 1. The first-order chi connectivity index (χ1) is 10.1. The van der Waals surface area contributed by atoms with E-state index in [4.69, 9.17) is 4.84 Å². The molecule has 2 amide bonds. The Morgan fingerprint density at radius 1 is 1.14 bits per heavy atom. The zero-order valence-electron chi connectivity index (χ0n) is 11.6. The number of amides is 2. The normalized spacial score (nSPS) is 30.3. The van der Waals surface area contributed by atoms with Crippen molar-refractivity contribution in [3.8, 4) is 0 Å². The third-order valence-electron chi connectivity index (χ3n) is 4.82. The van der Waals surface area contributed by atoms with Gasteiger partial charge in [-0.25, -0.2) is 4.79 Å². The fourth-order valence-electron chi connectivity index (χ4n) is 3.47. The molecule has 5 nitrogen and oxygen atoms in total. The second-order valence-corrected chi connectivity index (χ2v) is 6.16. The smallest absolute Gasteiger partial charge is 0.329 e. The topological polar surface area (TPSA) is 63.7 Å². The van der Waals surface area contributed by atoms with E-state index in [1.54, 1.807) is 24.3 Å². The lowest BCUT2D eigenvalue weighted by atomic mass is 10.1. The molecule has 5 heteroatoms. The maximum absolute atomic E-state index is 12.2. The first-order valence-electron chi connectivity index (χ1n) is 7.29. The van der Waals surface area contributed by atoms with Crippen molar-refractivity contribution < 1.29 is 19.2 Å². The number of fused-ring (bicyclic) bond motifs is 1. The van der Waals surface area contributed by atoms with Gasteiger partial charge in [-0.05, 0) is 42.7 Å². The number of hydrogen-bond acceptors (Lipinski definition) is 4. The minimum Gasteiger partial charge on any atom is -0.329 e. The quantitative estimate of drug-likeness (QED) is 0.797. The Balaban J connectivity index is 1.50. The van der Waals surface area contributed by atoms with Crippen LogP contribution in [0.15, 0.2) is 24.3 Å². The molecule has 1 aliphatic heterocycles. The van der Waals surface area contributed by atoms with Crippen molar-refractivity contribution in [1.82, 2.24) is 5.06 Å². The number of hydroxylamine groups is 2. The lowest BCUT2D eigenvalue weighted by molar-refractivity contribution is -0.171. The molecule has 0 saturated heterocycles. The molecular weight excluding hydrogens is 270 g/mol. The molecule has 0 aromatic heterocycles. The molecule has 21 heavy (non-hydrogen) atoms. The summed E-state index contributed by atoms with van der Waals surface area (Å²) in [5.74, 6) is -0.441. The number of imide groups is 1. The molecule has 0 spiro atoms. The molecule has 3 unspecified atom stereocenters. The van der Waals surface area contributed by atoms with E-state index in [-0.39, 0.29) is 17.0 Å². The Bertz CT molecular complexity index is 629. The van der Waals surface area contributed by atoms with E-state index in [1.165, 1.54) is 12.8 Å². The first kappa shape index (κ1) is 12.6. The average Bonchev–Trinajstić information content (AvgIpc) is 3.37. The molecule has 0 radical (unpaired) electrons. The predicted octanol–water partition coefficient (Wildman–Crippen LogP) is 2.03. The van der Waals surface area contributed by atoms with Crippen LogP contribution in [-0.2, 0) is 9.63 Å². The molecule has 3 aliphatic rings. The highest BCUT2D eigenvalue weighted by atomic mass is 16.7. The van der Waals surface area contributed by atoms with Crippen molar-refractivity contribution >= 4 is 17.8 Å². The fourth-order valence-corrected chi connectivity index (χ4v) is 3.47. The maximum atomic E-state index is 12.2. The van der Waals surface area contributed by atoms with E-state index in [0.717, 1.165) is 0 Å². The molecule has 3 atom stereocenters. The molecule has 1 aromatic carbocycles. The highest BCUT2D eigenvalue weighted by Crippen LogP contribution is 2.59. The van der Waals surface area contributed by atoms with Crippen LogP contribution >= 0.6 is 0 Å². The van der Waals surface area contributed by atoms with Gasteiger partial charge in [0.25, 0.3) is 11.8 Å². The summed E-state index contributed by atoms with van der Waals surface area (Å²) in [5.41, 5.74) is 0.579. The third-order valence-corrected chi connectivity index (χ3v) is 4.82. The summed E-state index contributed by atoms with van der Waals surface area (Å²) in [6.07, 6.45) is 2.34. The van der Waals surface area contributed by atoms with E-state index in [2.05, 4.69) is 0 Å². The van der Waals surface area contributed by atoms with Gasteiger partial charge in [-0.3, -0.25) is 9.59 Å². The van der Waals surface area contributed by atoms with Gasteiger partial charge >= 0.3 is 5.97 Å². The summed E-state index contributed by atoms with van der Waals surface area (Å²) >= 11 is 0. The van der Waals surface area contributed by atoms with Gasteiger partial charge < -0.3 is 4.84 Å². The van der Waals surface area contributed by atoms with Crippen molar-refractivity contribution in [2.24, 2.45) is 23.7 Å². The van der Waals surface area contributed by atoms with Gasteiger partial charge in [-0.15, -0.1) is 0 Å². The van der Waals surface area contributed by atoms with E-state index in [1.807, 2.05) is 6.92 Å². The van der Waals surface area contributed by atoms with Crippen molar-refractivity contribution in [3.63, 3.8) is 0 Å². The molecule has 2 fully saturated rings. The molecule has 1 aromatic rings. The Morgan fingerprint density at radius 2 is 1.71 bits per heavy atom. The van der Waals surface area contributed by atoms with Crippen LogP contribution in [0.25, 0.3) is 0 Å². The summed E-state index contributed by atoms with van der Waals surface area (Å²) in [6.45, 7) is 2.03. The summed E-state index contributed by atoms with van der Waals surface area (Å²) in [4.78, 5) is 41.5. The van der Waals surface area contributed by atoms with Crippen molar-refractivity contribution in [2.45, 2.75) is 19.8 Å². The Labute approximate surface area is 121 Å². The third kappa shape index (κ3) is 1.80. The van der Waals surface area contributed by atoms with Gasteiger partial charge in [0.1, 0.15) is 0 Å². The van der Waals surface area contributed by atoms with Gasteiger partial charge in [0.05, 0.1) is 17.0 Å². The molecule has 2 saturated carbocycles. The first-order valence-corrected chi connectivity index (χ1v) is 7.29. The van der Waals surface area contributed by atoms with E-state index in [0.29, 0.717) is 22.8 Å². The van der Waals surface area contributed by atoms with Gasteiger partial charge in [0, 0.05) is 0 Å². The fraction of sp³-hybridized carbons (Fsp3) is 0.438. The van der Waals surface area contributed by atoms with Crippen molar-refractivity contribution in [1.29, 1.82) is 0 Å². The van der Waals surface area contributed by atoms with Crippen LogP contribution in [0.4, 0.5) is 0 Å². The summed E-state index contributed by atoms with van der Waals surface area (Å²) in [6, 6.07) is 6.50. The zero-order valence-corrected chi connectivity index (χ0v) is 11.6. The SMILES string of the molecule is CC1C(C(=O)ON2C(=O)c3ccccc3C2=O)C1C1CC1. The highest BCUT2D eigenvalue weighted by molar-refractivity contribution is 6.20. The van der Waals surface area contributed by atoms with Crippen LogP contribution in [0, 0.1) is 23.7 Å². The van der Waals surface area contributed by atoms with Crippen LogP contribution in [-0.4, -0.2) is 22.8 Å². The van der Waals surface area contributed by atoms with Crippen LogP contribution in [0.5, 0.6) is 0 Å². The highest BCUT2D eigenvalue weighted by Gasteiger charge is 2.59. The second kappa shape index (κ2) is 4.16. The summed E-state index contributed by atoms with van der Waals surface area (Å²) in [5, 5.41) is 0.613. The van der Waals surface area contributed by atoms with Crippen molar-refractivity contribution in [2.75, 3.05) is 0 Å². The molecular formula is C16H15NO4. The second-order valence-electron chi connectivity index (χ2n) is 6.16. The number of rotatable bonds is 3. The Kier molecular flexibility index (Phi) is 2.49.